The molecule has 9 rings (SSSR count). The highest BCUT2D eigenvalue weighted by Gasteiger charge is 2.15. The lowest BCUT2D eigenvalue weighted by molar-refractivity contribution is 1.27. The normalized spacial score (nSPS) is 11.8. The lowest BCUT2D eigenvalue weighted by Crippen LogP contribution is -1.91. The summed E-state index contributed by atoms with van der Waals surface area (Å²) in [6.07, 6.45) is 2.17. The number of thiophene rings is 1. The van der Waals surface area contributed by atoms with E-state index >= 15 is 0 Å². The smallest absolute Gasteiger partial charge is 0.145 e. The summed E-state index contributed by atoms with van der Waals surface area (Å²) in [6, 6.07) is 50.3. The Kier molecular flexibility index (Phi) is 5.10. The van der Waals surface area contributed by atoms with Crippen LogP contribution in [0.25, 0.3) is 81.0 Å². The number of imidazole rings is 1. The molecule has 0 fully saturated rings. The van der Waals surface area contributed by atoms with Gasteiger partial charge < -0.3 is 0 Å². The minimum Gasteiger partial charge on any atom is -0.298 e. The molecular weight excluding hydrogens is 529 g/mol. The minimum atomic E-state index is 0.987. The van der Waals surface area contributed by atoms with Crippen LogP contribution >= 0.6 is 11.3 Å². The van der Waals surface area contributed by atoms with Gasteiger partial charge in [-0.05, 0) is 51.9 Å². The van der Waals surface area contributed by atoms with Crippen LogP contribution in [0.3, 0.4) is 0 Å². The Morgan fingerprint density at radius 3 is 2.07 bits per heavy atom. The summed E-state index contributed by atoms with van der Waals surface area (Å²) in [5, 5.41) is 6.27. The van der Waals surface area contributed by atoms with Crippen molar-refractivity contribution in [3.05, 3.63) is 146 Å². The third-order valence-electron chi connectivity index (χ3n) is 8.40. The molecule has 3 heteroatoms. The Balaban J connectivity index is 1.23. The highest BCUT2D eigenvalue weighted by atomic mass is 32.1. The third kappa shape index (κ3) is 3.54. The largest absolute Gasteiger partial charge is 0.298 e. The molecular formula is C39H24N2S. The number of rotatable bonds is 3. The molecule has 0 spiro atoms. The first-order valence-corrected chi connectivity index (χ1v) is 15.0. The molecule has 0 amide bonds. The molecule has 0 N–H and O–H groups in total. The maximum Gasteiger partial charge on any atom is 0.145 e. The molecule has 196 valence electrons. The Morgan fingerprint density at radius 1 is 0.476 bits per heavy atom. The number of benzene rings is 6. The molecule has 0 radical (unpaired) electrons. The summed E-state index contributed by atoms with van der Waals surface area (Å²) in [4.78, 5) is 5.09. The first kappa shape index (κ1) is 23.5. The SMILES string of the molecule is c1ccc(-c2cn3c4ccc(-c5cccc(-c6cccc7c6sc6ccccc67)c5)cc4c4ccccc4c3n2)cc1. The van der Waals surface area contributed by atoms with Gasteiger partial charge in [-0.15, -0.1) is 11.3 Å². The van der Waals surface area contributed by atoms with Gasteiger partial charge in [0.25, 0.3) is 0 Å². The van der Waals surface area contributed by atoms with E-state index in [0.717, 1.165) is 27.8 Å². The minimum absolute atomic E-state index is 0.987. The second kappa shape index (κ2) is 9.13. The molecule has 0 aliphatic heterocycles. The lowest BCUT2D eigenvalue weighted by Gasteiger charge is -2.11. The molecule has 2 nitrogen and oxygen atoms in total. The maximum absolute atomic E-state index is 5.09. The fraction of sp³-hybridized carbons (Fsp3) is 0. The molecule has 3 heterocycles. The molecule has 0 aliphatic carbocycles. The standard InChI is InChI=1S/C39H24N2S/c1-2-10-25(11-3-1)35-24-41-36-21-20-27(23-34(36)30-14-4-5-16-33(30)39(41)40-35)26-12-8-13-28(22-26)29-17-9-18-32-31-15-6-7-19-37(31)42-38(29)32/h1-24H. The van der Waals surface area contributed by atoms with Crippen LogP contribution in [0, 0.1) is 0 Å². The molecule has 3 aromatic heterocycles. The van der Waals surface area contributed by atoms with Crippen LogP contribution in [0.15, 0.2) is 146 Å². The van der Waals surface area contributed by atoms with E-state index < -0.39 is 0 Å². The van der Waals surface area contributed by atoms with Crippen molar-refractivity contribution < 1.29 is 0 Å². The Labute approximate surface area is 246 Å². The summed E-state index contributed by atoms with van der Waals surface area (Å²) in [6.45, 7) is 0. The lowest BCUT2D eigenvalue weighted by atomic mass is 9.96. The van der Waals surface area contributed by atoms with Crippen LogP contribution in [0.2, 0.25) is 0 Å². The van der Waals surface area contributed by atoms with Crippen molar-refractivity contribution in [2.45, 2.75) is 0 Å². The first-order chi connectivity index (χ1) is 20.8. The molecule has 0 bridgehead atoms. The number of nitrogens with zero attached hydrogens (tertiary/aromatic N) is 2. The van der Waals surface area contributed by atoms with Gasteiger partial charge in [0.15, 0.2) is 0 Å². The molecule has 42 heavy (non-hydrogen) atoms. The van der Waals surface area contributed by atoms with Crippen molar-refractivity contribution in [2.24, 2.45) is 0 Å². The van der Waals surface area contributed by atoms with Crippen molar-refractivity contribution in [3.8, 4) is 33.5 Å². The summed E-state index contributed by atoms with van der Waals surface area (Å²) < 4.78 is 4.93. The van der Waals surface area contributed by atoms with E-state index in [1.54, 1.807) is 0 Å². The number of hydrogen-bond acceptors (Lipinski definition) is 2. The first-order valence-electron chi connectivity index (χ1n) is 14.2. The molecule has 0 saturated carbocycles. The van der Waals surface area contributed by atoms with Gasteiger partial charge in [0.05, 0.1) is 11.2 Å². The molecule has 0 atom stereocenters. The van der Waals surface area contributed by atoms with Gasteiger partial charge in [-0.3, -0.25) is 4.40 Å². The molecule has 0 saturated heterocycles. The van der Waals surface area contributed by atoms with Crippen molar-refractivity contribution >= 4 is 58.8 Å². The molecule has 9 aromatic rings. The summed E-state index contributed by atoms with van der Waals surface area (Å²) in [7, 11) is 0. The zero-order chi connectivity index (χ0) is 27.6. The molecule has 0 unspecified atom stereocenters. The van der Waals surface area contributed by atoms with E-state index in [9.17, 15) is 0 Å². The van der Waals surface area contributed by atoms with Crippen LogP contribution in [-0.4, -0.2) is 9.38 Å². The Bertz CT molecular complexity index is 2470. The predicted molar refractivity (Wildman–Crippen MR) is 179 cm³/mol. The van der Waals surface area contributed by atoms with E-state index in [2.05, 4.69) is 144 Å². The Hall–Kier alpha value is -5.25. The van der Waals surface area contributed by atoms with Gasteiger partial charge in [-0.2, -0.15) is 0 Å². The van der Waals surface area contributed by atoms with Crippen LogP contribution in [-0.2, 0) is 0 Å². The second-order valence-electron chi connectivity index (χ2n) is 10.8. The predicted octanol–water partition coefficient (Wildman–Crippen LogP) is 11.0. The van der Waals surface area contributed by atoms with Gasteiger partial charge in [-0.1, -0.05) is 115 Å². The second-order valence-corrected chi connectivity index (χ2v) is 11.9. The zero-order valence-corrected chi connectivity index (χ0v) is 23.5. The van der Waals surface area contributed by atoms with Gasteiger partial charge in [0.1, 0.15) is 5.65 Å². The number of hydrogen-bond donors (Lipinski definition) is 0. The third-order valence-corrected chi connectivity index (χ3v) is 9.62. The van der Waals surface area contributed by atoms with Crippen LogP contribution in [0.5, 0.6) is 0 Å². The number of pyridine rings is 1. The molecule has 0 aliphatic rings. The van der Waals surface area contributed by atoms with Crippen molar-refractivity contribution in [1.29, 1.82) is 0 Å². The summed E-state index contributed by atoms with van der Waals surface area (Å²) in [5.41, 5.74) is 9.22. The quantitative estimate of drug-likeness (QED) is 0.199. The Morgan fingerprint density at radius 2 is 1.17 bits per heavy atom. The highest BCUT2D eigenvalue weighted by Crippen LogP contribution is 2.41. The topological polar surface area (TPSA) is 17.3 Å². The van der Waals surface area contributed by atoms with Gasteiger partial charge in [0, 0.05) is 42.7 Å². The number of aromatic nitrogens is 2. The van der Waals surface area contributed by atoms with Gasteiger partial charge in [-0.25, -0.2) is 4.98 Å². The van der Waals surface area contributed by atoms with E-state index in [4.69, 9.17) is 4.98 Å². The van der Waals surface area contributed by atoms with Crippen molar-refractivity contribution in [2.75, 3.05) is 0 Å². The van der Waals surface area contributed by atoms with Crippen molar-refractivity contribution in [3.63, 3.8) is 0 Å². The van der Waals surface area contributed by atoms with E-state index in [1.807, 2.05) is 17.4 Å². The van der Waals surface area contributed by atoms with Crippen LogP contribution < -0.4 is 0 Å². The highest BCUT2D eigenvalue weighted by molar-refractivity contribution is 7.26. The average Bonchev–Trinajstić information content (AvgIpc) is 3.68. The van der Waals surface area contributed by atoms with Crippen LogP contribution in [0.4, 0.5) is 0 Å². The zero-order valence-electron chi connectivity index (χ0n) is 22.7. The fourth-order valence-electron chi connectivity index (χ4n) is 6.40. The average molecular weight is 553 g/mol. The van der Waals surface area contributed by atoms with Gasteiger partial charge >= 0.3 is 0 Å². The monoisotopic (exact) mass is 552 g/mol. The van der Waals surface area contributed by atoms with E-state index in [1.165, 1.54) is 53.2 Å². The van der Waals surface area contributed by atoms with Crippen LogP contribution in [0.1, 0.15) is 0 Å². The summed E-state index contributed by atoms with van der Waals surface area (Å²) in [5.74, 6) is 0. The van der Waals surface area contributed by atoms with E-state index in [0.29, 0.717) is 0 Å². The van der Waals surface area contributed by atoms with E-state index in [-0.39, 0.29) is 0 Å². The molecule has 6 aromatic carbocycles. The van der Waals surface area contributed by atoms with Gasteiger partial charge in [0.2, 0.25) is 0 Å². The fourth-order valence-corrected chi connectivity index (χ4v) is 7.64. The summed E-state index contributed by atoms with van der Waals surface area (Å²) >= 11 is 1.88. The van der Waals surface area contributed by atoms with Crippen molar-refractivity contribution in [1.82, 2.24) is 9.38 Å². The maximum atomic E-state index is 5.09. The number of fused-ring (bicyclic) bond motifs is 9.